The van der Waals surface area contributed by atoms with Crippen molar-refractivity contribution in [2.24, 2.45) is 16.7 Å². The summed E-state index contributed by atoms with van der Waals surface area (Å²) in [7, 11) is 2.77. The van der Waals surface area contributed by atoms with Crippen LogP contribution < -0.4 is 5.32 Å². The van der Waals surface area contributed by atoms with Gasteiger partial charge in [-0.15, -0.1) is 0 Å². The Balaban J connectivity index is 1.60. The monoisotopic (exact) mass is 295 g/mol. The molecular formula is C15H21NO5. The van der Waals surface area contributed by atoms with Gasteiger partial charge in [-0.25, -0.2) is 4.79 Å². The minimum Gasteiger partial charge on any atom is -0.469 e. The lowest BCUT2D eigenvalue weighted by Crippen LogP contribution is -2.43. The smallest absolute Gasteiger partial charge is 0.407 e. The van der Waals surface area contributed by atoms with E-state index in [4.69, 9.17) is 9.47 Å². The largest absolute Gasteiger partial charge is 0.469 e. The quantitative estimate of drug-likeness (QED) is 0.793. The first kappa shape index (κ1) is 13.4. The maximum atomic E-state index is 12.5. The molecule has 4 atom stereocenters. The van der Waals surface area contributed by atoms with Gasteiger partial charge in [0.1, 0.15) is 0 Å². The molecular weight excluding hydrogens is 274 g/mol. The van der Waals surface area contributed by atoms with Crippen molar-refractivity contribution >= 4 is 12.1 Å². The summed E-state index contributed by atoms with van der Waals surface area (Å²) in [6.07, 6.45) is 4.29. The molecule has 0 aromatic heterocycles. The van der Waals surface area contributed by atoms with E-state index in [1.54, 1.807) is 0 Å². The third-order valence-electron chi connectivity index (χ3n) is 6.14. The van der Waals surface area contributed by atoms with Crippen LogP contribution in [0.1, 0.15) is 32.1 Å². The van der Waals surface area contributed by atoms with Crippen LogP contribution in [0.2, 0.25) is 0 Å². The molecule has 3 aliphatic carbocycles. The maximum absolute atomic E-state index is 12.5. The number of carbonyl (C=O) groups excluding carboxylic acids is 2. The summed E-state index contributed by atoms with van der Waals surface area (Å²) in [6.45, 7) is 0.740. The van der Waals surface area contributed by atoms with Gasteiger partial charge in [-0.3, -0.25) is 4.79 Å². The molecule has 1 saturated heterocycles. The van der Waals surface area contributed by atoms with Crippen molar-refractivity contribution in [2.45, 2.75) is 43.7 Å². The van der Waals surface area contributed by atoms with Gasteiger partial charge in [-0.05, 0) is 43.4 Å². The molecule has 21 heavy (non-hydrogen) atoms. The number of ether oxygens (including phenoxy) is 3. The molecule has 1 heterocycles. The van der Waals surface area contributed by atoms with Gasteiger partial charge >= 0.3 is 12.1 Å². The Morgan fingerprint density at radius 2 is 1.95 bits per heavy atom. The number of hydrogen-bond acceptors (Lipinski definition) is 5. The van der Waals surface area contributed by atoms with E-state index in [1.807, 2.05) is 0 Å². The number of alkyl carbamates (subject to hydrolysis) is 1. The number of nitrogens with one attached hydrogen (secondary N) is 1. The van der Waals surface area contributed by atoms with Crippen LogP contribution in [0.4, 0.5) is 4.79 Å². The van der Waals surface area contributed by atoms with Gasteiger partial charge in [0.25, 0.3) is 0 Å². The van der Waals surface area contributed by atoms with Crippen molar-refractivity contribution in [3.05, 3.63) is 0 Å². The highest BCUT2D eigenvalue weighted by Crippen LogP contribution is 2.79. The Hall–Kier alpha value is -1.30. The summed E-state index contributed by atoms with van der Waals surface area (Å²) >= 11 is 0. The lowest BCUT2D eigenvalue weighted by Gasteiger charge is -2.35. The van der Waals surface area contributed by atoms with Gasteiger partial charge < -0.3 is 19.5 Å². The Kier molecular flexibility index (Phi) is 2.49. The first-order valence-corrected chi connectivity index (χ1v) is 7.59. The van der Waals surface area contributed by atoms with Crippen molar-refractivity contribution in [3.8, 4) is 0 Å². The molecule has 4 aliphatic rings. The van der Waals surface area contributed by atoms with Gasteiger partial charge in [-0.1, -0.05) is 0 Å². The number of methoxy groups -OCH3 is 2. The minimum atomic E-state index is -0.569. The highest BCUT2D eigenvalue weighted by atomic mass is 16.5. The molecule has 6 nitrogen and oxygen atoms in total. The lowest BCUT2D eigenvalue weighted by molar-refractivity contribution is -0.154. The van der Waals surface area contributed by atoms with Gasteiger partial charge in [0.05, 0.1) is 37.9 Å². The highest BCUT2D eigenvalue weighted by Gasteiger charge is 2.83. The topological polar surface area (TPSA) is 73.9 Å². The molecule has 1 amide bonds. The number of esters is 1. The van der Waals surface area contributed by atoms with Crippen LogP contribution in [-0.4, -0.2) is 44.5 Å². The molecule has 4 rings (SSSR count). The maximum Gasteiger partial charge on any atom is 0.407 e. The lowest BCUT2D eigenvalue weighted by atomic mass is 9.76. The Morgan fingerprint density at radius 1 is 1.19 bits per heavy atom. The summed E-state index contributed by atoms with van der Waals surface area (Å²) in [5, 5.41) is 2.80. The van der Waals surface area contributed by atoms with E-state index in [1.165, 1.54) is 14.2 Å². The summed E-state index contributed by atoms with van der Waals surface area (Å²) in [4.78, 5) is 24.0. The van der Waals surface area contributed by atoms with E-state index in [0.29, 0.717) is 12.3 Å². The van der Waals surface area contributed by atoms with E-state index < -0.39 is 11.5 Å². The van der Waals surface area contributed by atoms with Crippen LogP contribution >= 0.6 is 0 Å². The second kappa shape index (κ2) is 3.91. The highest BCUT2D eigenvalue weighted by molar-refractivity contribution is 5.85. The first-order chi connectivity index (χ1) is 10.0. The fraction of sp³-hybridized carbons (Fsp3) is 0.867. The zero-order valence-electron chi connectivity index (χ0n) is 12.4. The van der Waals surface area contributed by atoms with E-state index in [2.05, 4.69) is 10.1 Å². The number of hydrogen-bond donors (Lipinski definition) is 1. The van der Waals surface area contributed by atoms with Crippen LogP contribution in [-0.2, 0) is 19.0 Å². The molecule has 0 bridgehead atoms. The Morgan fingerprint density at radius 3 is 2.57 bits per heavy atom. The zero-order valence-corrected chi connectivity index (χ0v) is 12.4. The van der Waals surface area contributed by atoms with E-state index in [0.717, 1.165) is 32.3 Å². The molecule has 4 fully saturated rings. The molecule has 1 N–H and O–H groups in total. The third kappa shape index (κ3) is 1.62. The third-order valence-corrected chi connectivity index (χ3v) is 6.14. The summed E-state index contributed by atoms with van der Waals surface area (Å²) in [6, 6.07) is -0.170. The molecule has 3 saturated carbocycles. The van der Waals surface area contributed by atoms with Crippen LogP contribution in [0.25, 0.3) is 0 Å². The van der Waals surface area contributed by atoms with Gasteiger partial charge in [0.15, 0.2) is 0 Å². The van der Waals surface area contributed by atoms with Crippen LogP contribution in [0.5, 0.6) is 0 Å². The van der Waals surface area contributed by atoms with Crippen molar-refractivity contribution in [3.63, 3.8) is 0 Å². The molecule has 116 valence electrons. The zero-order chi connectivity index (χ0) is 14.9. The SMILES string of the molecule is COC(=O)N[C@@H]1CC1(C(=O)OC)[C@@]12C[C@@H]1COC1(CC1)C2. The van der Waals surface area contributed by atoms with E-state index in [-0.39, 0.29) is 23.0 Å². The van der Waals surface area contributed by atoms with Crippen molar-refractivity contribution in [2.75, 3.05) is 20.8 Å². The molecule has 1 aliphatic heterocycles. The average Bonchev–Trinajstić information content (AvgIpc) is 3.37. The average molecular weight is 295 g/mol. The number of fused-ring (bicyclic) bond motifs is 1. The molecule has 1 spiro atoms. The number of carbonyl (C=O) groups is 2. The normalized spacial score (nSPS) is 44.5. The summed E-state index contributed by atoms with van der Waals surface area (Å²) < 4.78 is 15.7. The standard InChI is InChI=1S/C15H21NO5/c1-19-11(17)15(6-10(15)16-12(18)20-2)14-5-9(14)7-21-13(8-14)3-4-13/h9-10H,3-8H2,1-2H3,(H,16,18)/t9-,10-,14-,15?/m1/s1. The molecule has 0 aromatic rings. The van der Waals surface area contributed by atoms with E-state index >= 15 is 0 Å². The fourth-order valence-corrected chi connectivity index (χ4v) is 4.68. The van der Waals surface area contributed by atoms with Crippen LogP contribution in [0.3, 0.4) is 0 Å². The molecule has 0 radical (unpaired) electrons. The Bertz CT molecular complexity index is 516. The predicted molar refractivity (Wildman–Crippen MR) is 71.5 cm³/mol. The van der Waals surface area contributed by atoms with Gasteiger partial charge in [-0.2, -0.15) is 0 Å². The van der Waals surface area contributed by atoms with E-state index in [9.17, 15) is 9.59 Å². The molecule has 0 aromatic carbocycles. The molecule has 6 heteroatoms. The van der Waals surface area contributed by atoms with Crippen molar-refractivity contribution in [1.82, 2.24) is 5.32 Å². The summed E-state index contributed by atoms with van der Waals surface area (Å²) in [5.74, 6) is 0.233. The second-order valence-corrected chi connectivity index (χ2v) is 7.08. The number of amides is 1. The van der Waals surface area contributed by atoms with Gasteiger partial charge in [0.2, 0.25) is 0 Å². The Labute approximate surface area is 123 Å². The van der Waals surface area contributed by atoms with Crippen molar-refractivity contribution in [1.29, 1.82) is 0 Å². The predicted octanol–water partition coefficient (Wildman–Crippen LogP) is 1.23. The van der Waals surface area contributed by atoms with Crippen molar-refractivity contribution < 1.29 is 23.8 Å². The van der Waals surface area contributed by atoms with Crippen LogP contribution in [0.15, 0.2) is 0 Å². The summed E-state index contributed by atoms with van der Waals surface area (Å²) in [5.41, 5.74) is -0.604. The molecule has 1 unspecified atom stereocenters. The minimum absolute atomic E-state index is 0.00638. The number of rotatable bonds is 3. The fourth-order valence-electron chi connectivity index (χ4n) is 4.68. The first-order valence-electron chi connectivity index (χ1n) is 7.59. The van der Waals surface area contributed by atoms with Gasteiger partial charge in [0, 0.05) is 0 Å². The second-order valence-electron chi connectivity index (χ2n) is 7.08. The van der Waals surface area contributed by atoms with Crippen LogP contribution in [0, 0.1) is 16.7 Å².